The van der Waals surface area contributed by atoms with Gasteiger partial charge in [-0.3, -0.25) is 0 Å². The molecule has 0 spiro atoms. The van der Waals surface area contributed by atoms with E-state index in [-0.39, 0.29) is 18.2 Å². The zero-order valence-corrected chi connectivity index (χ0v) is 15.0. The van der Waals surface area contributed by atoms with E-state index in [2.05, 4.69) is 17.6 Å². The molecule has 132 valence electrons. The van der Waals surface area contributed by atoms with Crippen molar-refractivity contribution in [3.63, 3.8) is 0 Å². The van der Waals surface area contributed by atoms with Crippen molar-refractivity contribution in [1.82, 2.24) is 0 Å². The second-order valence-electron chi connectivity index (χ2n) is 5.40. The maximum absolute atomic E-state index is 12.0. The van der Waals surface area contributed by atoms with Crippen LogP contribution in [0.2, 0.25) is 0 Å². The van der Waals surface area contributed by atoms with Crippen LogP contribution in [0.5, 0.6) is 5.75 Å². The van der Waals surface area contributed by atoms with Gasteiger partial charge >= 0.3 is 5.97 Å². The van der Waals surface area contributed by atoms with Gasteiger partial charge < -0.3 is 15.2 Å². The van der Waals surface area contributed by atoms with Crippen molar-refractivity contribution in [2.24, 2.45) is 16.6 Å². The number of ether oxygens (including phenoxy) is 2. The lowest BCUT2D eigenvalue weighted by atomic mass is 9.97. The van der Waals surface area contributed by atoms with Crippen LogP contribution in [0, 0.1) is 17.2 Å². The van der Waals surface area contributed by atoms with E-state index < -0.39 is 5.97 Å². The Balaban J connectivity index is 3.57. The van der Waals surface area contributed by atoms with Crippen LogP contribution in [0.1, 0.15) is 26.3 Å². The van der Waals surface area contributed by atoms with E-state index in [1.807, 2.05) is 13.8 Å². The van der Waals surface area contributed by atoms with Gasteiger partial charge in [0.25, 0.3) is 0 Å². The SMILES string of the molecule is C=CC(C(=Nc1cc(C#N)ccc1OC)C(C)C)=C(N)C(=O)OCC. The predicted molar refractivity (Wildman–Crippen MR) is 97.7 cm³/mol. The molecule has 1 aromatic carbocycles. The highest BCUT2D eigenvalue weighted by Crippen LogP contribution is 2.30. The van der Waals surface area contributed by atoms with E-state index in [9.17, 15) is 4.79 Å². The van der Waals surface area contributed by atoms with Gasteiger partial charge in [0.05, 0.1) is 31.1 Å². The van der Waals surface area contributed by atoms with Crippen LogP contribution < -0.4 is 10.5 Å². The largest absolute Gasteiger partial charge is 0.494 e. The van der Waals surface area contributed by atoms with E-state index in [0.717, 1.165) is 0 Å². The molecule has 6 nitrogen and oxygen atoms in total. The van der Waals surface area contributed by atoms with E-state index in [4.69, 9.17) is 20.5 Å². The molecule has 0 aromatic heterocycles. The Labute approximate surface area is 148 Å². The molecule has 6 heteroatoms. The van der Waals surface area contributed by atoms with Crippen LogP contribution in [-0.4, -0.2) is 25.4 Å². The Morgan fingerprint density at radius 3 is 2.64 bits per heavy atom. The van der Waals surface area contributed by atoms with Crippen LogP contribution in [0.4, 0.5) is 5.69 Å². The lowest BCUT2D eigenvalue weighted by Crippen LogP contribution is -2.22. The molecule has 0 atom stereocenters. The quantitative estimate of drug-likeness (QED) is 0.355. The Hall–Kier alpha value is -3.07. The number of allylic oxidation sites excluding steroid dienone is 2. The summed E-state index contributed by atoms with van der Waals surface area (Å²) in [6, 6.07) is 6.99. The number of esters is 1. The molecule has 1 rings (SSSR count). The van der Waals surface area contributed by atoms with Crippen molar-refractivity contribution in [2.75, 3.05) is 13.7 Å². The molecule has 0 aliphatic rings. The third kappa shape index (κ3) is 4.95. The summed E-state index contributed by atoms with van der Waals surface area (Å²) in [6.07, 6.45) is 1.48. The molecule has 0 heterocycles. The fourth-order valence-corrected chi connectivity index (χ4v) is 2.15. The summed E-state index contributed by atoms with van der Waals surface area (Å²) < 4.78 is 10.3. The van der Waals surface area contributed by atoms with Crippen LogP contribution in [-0.2, 0) is 9.53 Å². The molecule has 0 saturated heterocycles. The molecule has 25 heavy (non-hydrogen) atoms. The molecule has 0 bridgehead atoms. The number of methoxy groups -OCH3 is 1. The second-order valence-corrected chi connectivity index (χ2v) is 5.40. The van der Waals surface area contributed by atoms with Gasteiger partial charge in [-0.15, -0.1) is 0 Å². The third-order valence-electron chi connectivity index (χ3n) is 3.36. The lowest BCUT2D eigenvalue weighted by Gasteiger charge is -2.15. The topological polar surface area (TPSA) is 97.7 Å². The number of hydrogen-bond donors (Lipinski definition) is 1. The Bertz CT molecular complexity index is 756. The van der Waals surface area contributed by atoms with Crippen LogP contribution in [0.25, 0.3) is 0 Å². The highest BCUT2D eigenvalue weighted by Gasteiger charge is 2.19. The molecule has 1 aromatic rings. The van der Waals surface area contributed by atoms with Gasteiger partial charge in [0.1, 0.15) is 17.1 Å². The normalized spacial score (nSPS) is 12.2. The monoisotopic (exact) mass is 341 g/mol. The minimum atomic E-state index is -0.622. The number of benzene rings is 1. The minimum absolute atomic E-state index is 0.0558. The van der Waals surface area contributed by atoms with Crippen molar-refractivity contribution in [3.05, 3.63) is 47.7 Å². The highest BCUT2D eigenvalue weighted by molar-refractivity contribution is 6.10. The number of carbonyl (C=O) groups excluding carboxylic acids is 1. The fourth-order valence-electron chi connectivity index (χ4n) is 2.15. The van der Waals surface area contributed by atoms with E-state index >= 15 is 0 Å². The summed E-state index contributed by atoms with van der Waals surface area (Å²) in [4.78, 5) is 16.6. The summed E-state index contributed by atoms with van der Waals surface area (Å²) >= 11 is 0. The molecule has 0 aliphatic heterocycles. The Morgan fingerprint density at radius 1 is 1.48 bits per heavy atom. The summed E-state index contributed by atoms with van der Waals surface area (Å²) in [5, 5.41) is 9.10. The van der Waals surface area contributed by atoms with Crippen molar-refractivity contribution in [1.29, 1.82) is 5.26 Å². The number of nitrogens with zero attached hydrogens (tertiary/aromatic N) is 2. The van der Waals surface area contributed by atoms with Crippen molar-refractivity contribution < 1.29 is 14.3 Å². The van der Waals surface area contributed by atoms with Gasteiger partial charge in [0.2, 0.25) is 0 Å². The Morgan fingerprint density at radius 2 is 2.16 bits per heavy atom. The first-order valence-electron chi connectivity index (χ1n) is 7.85. The number of rotatable bonds is 7. The average Bonchev–Trinajstić information content (AvgIpc) is 2.61. The number of aliphatic imine (C=N–C) groups is 1. The summed E-state index contributed by atoms with van der Waals surface area (Å²) in [5.41, 5.74) is 7.76. The van der Waals surface area contributed by atoms with Crippen LogP contribution in [0.3, 0.4) is 0 Å². The molecule has 0 amide bonds. The molecule has 2 N–H and O–H groups in total. The first-order chi connectivity index (χ1) is 11.9. The highest BCUT2D eigenvalue weighted by atomic mass is 16.5. The van der Waals surface area contributed by atoms with Gasteiger partial charge in [-0.2, -0.15) is 5.26 Å². The number of nitrogens with two attached hydrogens (primary N) is 1. The van der Waals surface area contributed by atoms with E-state index in [0.29, 0.717) is 28.3 Å². The van der Waals surface area contributed by atoms with E-state index in [1.54, 1.807) is 25.1 Å². The molecule has 0 aliphatic carbocycles. The lowest BCUT2D eigenvalue weighted by molar-refractivity contribution is -0.138. The van der Waals surface area contributed by atoms with E-state index in [1.165, 1.54) is 13.2 Å². The smallest absolute Gasteiger partial charge is 0.354 e. The maximum atomic E-state index is 12.0. The van der Waals surface area contributed by atoms with Gasteiger partial charge in [0, 0.05) is 5.57 Å². The molecule has 0 saturated carbocycles. The van der Waals surface area contributed by atoms with Crippen LogP contribution in [0.15, 0.2) is 47.1 Å². The average molecular weight is 341 g/mol. The molecular weight excluding hydrogens is 318 g/mol. The van der Waals surface area contributed by atoms with Crippen LogP contribution >= 0.6 is 0 Å². The molecule has 0 unspecified atom stereocenters. The van der Waals surface area contributed by atoms with Crippen molar-refractivity contribution in [2.45, 2.75) is 20.8 Å². The second kappa shape index (κ2) is 9.28. The minimum Gasteiger partial charge on any atom is -0.494 e. The van der Waals surface area contributed by atoms with Crippen molar-refractivity contribution >= 4 is 17.4 Å². The molecule has 0 radical (unpaired) electrons. The number of nitriles is 1. The van der Waals surface area contributed by atoms with Gasteiger partial charge in [-0.1, -0.05) is 26.5 Å². The number of carbonyl (C=O) groups is 1. The molecule has 0 fully saturated rings. The molecular formula is C19H23N3O3. The predicted octanol–water partition coefficient (Wildman–Crippen LogP) is 3.26. The zero-order valence-electron chi connectivity index (χ0n) is 15.0. The first-order valence-corrected chi connectivity index (χ1v) is 7.85. The third-order valence-corrected chi connectivity index (χ3v) is 3.36. The fraction of sp³-hybridized carbons (Fsp3) is 0.316. The summed E-state index contributed by atoms with van der Waals surface area (Å²) in [7, 11) is 1.52. The van der Waals surface area contributed by atoms with Gasteiger partial charge in [-0.05, 0) is 31.0 Å². The van der Waals surface area contributed by atoms with Gasteiger partial charge in [0.15, 0.2) is 0 Å². The Kier molecular flexibility index (Phi) is 7.42. The summed E-state index contributed by atoms with van der Waals surface area (Å²) in [5.74, 6) is -0.171. The number of hydrogen-bond acceptors (Lipinski definition) is 6. The first kappa shape index (κ1) is 20.0. The van der Waals surface area contributed by atoms with Gasteiger partial charge in [-0.25, -0.2) is 9.79 Å². The summed E-state index contributed by atoms with van der Waals surface area (Å²) in [6.45, 7) is 9.49. The zero-order chi connectivity index (χ0) is 19.0. The standard InChI is InChI=1S/C19H23N3O3/c1-6-14(17(21)19(23)25-7-2)18(12(3)4)22-15-10-13(11-20)8-9-16(15)24-5/h6,8-10,12H,1,7,21H2,2-5H3. The maximum Gasteiger partial charge on any atom is 0.354 e. The van der Waals surface area contributed by atoms with Crippen molar-refractivity contribution in [3.8, 4) is 11.8 Å².